The lowest BCUT2D eigenvalue weighted by Gasteiger charge is -2.16. The van der Waals surface area contributed by atoms with Crippen molar-refractivity contribution in [3.63, 3.8) is 0 Å². The molecule has 0 radical (unpaired) electrons. The number of benzene rings is 2. The predicted octanol–water partition coefficient (Wildman–Crippen LogP) is 5.57. The highest BCUT2D eigenvalue weighted by Crippen LogP contribution is 2.37. The second kappa shape index (κ2) is 7.21. The number of imidazole rings is 1. The molecule has 0 aliphatic carbocycles. The van der Waals surface area contributed by atoms with Crippen LogP contribution in [0.15, 0.2) is 36.4 Å². The van der Waals surface area contributed by atoms with Crippen LogP contribution in [0.3, 0.4) is 0 Å². The van der Waals surface area contributed by atoms with E-state index in [2.05, 4.69) is 9.72 Å². The number of H-pyrrole nitrogens is 1. The zero-order valence-corrected chi connectivity index (χ0v) is 15.4. The fraction of sp³-hybridized carbons (Fsp3) is 0.222. The molecule has 1 N–H and O–H groups in total. The van der Waals surface area contributed by atoms with Crippen molar-refractivity contribution in [2.75, 3.05) is 7.11 Å². The summed E-state index contributed by atoms with van der Waals surface area (Å²) < 4.78 is 84.7. The molecule has 0 aliphatic heterocycles. The number of nitrogens with zero attached hydrogens (tertiary/aromatic N) is 1. The van der Waals surface area contributed by atoms with Crippen molar-refractivity contribution in [3.05, 3.63) is 63.4 Å². The van der Waals surface area contributed by atoms with Crippen LogP contribution in [0.25, 0.3) is 11.0 Å². The average molecular weight is 434 g/mol. The number of carbonyl (C=O) groups is 1. The summed E-state index contributed by atoms with van der Waals surface area (Å²) in [5, 5.41) is 0. The van der Waals surface area contributed by atoms with Gasteiger partial charge in [-0.1, -0.05) is 6.07 Å². The molecule has 0 saturated heterocycles. The van der Waals surface area contributed by atoms with Gasteiger partial charge in [-0.3, -0.25) is 0 Å². The molecule has 0 aliphatic rings. The van der Waals surface area contributed by atoms with Gasteiger partial charge in [0.1, 0.15) is 0 Å². The molecule has 29 heavy (non-hydrogen) atoms. The Morgan fingerprint density at radius 2 is 1.76 bits per heavy atom. The Balaban J connectivity index is 2.15. The first kappa shape index (κ1) is 20.9. The van der Waals surface area contributed by atoms with Crippen LogP contribution in [-0.4, -0.2) is 22.6 Å². The van der Waals surface area contributed by atoms with Gasteiger partial charge in [0.05, 0.1) is 41.4 Å². The minimum atomic E-state index is -5.00. The minimum absolute atomic E-state index is 0.0510. The molecule has 0 unspecified atom stereocenters. The molecule has 1 heterocycles. The standard InChI is InChI=1S/C18H12F6N2O2S/c1-28-15(27)9-3-5-13-14(6-9)26(16(29)25-13)8-10-2-4-11(17(19,20)21)7-12(10)18(22,23)24/h2-7H,8H2,1H3,(H,25,29). The van der Waals surface area contributed by atoms with Crippen LogP contribution in [0, 0.1) is 4.77 Å². The number of hydrogen-bond acceptors (Lipinski definition) is 3. The van der Waals surface area contributed by atoms with Crippen LogP contribution in [0.5, 0.6) is 0 Å². The van der Waals surface area contributed by atoms with E-state index in [-0.39, 0.29) is 16.4 Å². The summed E-state index contributed by atoms with van der Waals surface area (Å²) in [6.45, 7) is -0.448. The van der Waals surface area contributed by atoms with E-state index in [0.717, 1.165) is 6.07 Å². The third-order valence-corrected chi connectivity index (χ3v) is 4.59. The fourth-order valence-electron chi connectivity index (χ4n) is 2.88. The molecular weight excluding hydrogens is 422 g/mol. The third kappa shape index (κ3) is 4.14. The minimum Gasteiger partial charge on any atom is -0.465 e. The van der Waals surface area contributed by atoms with Gasteiger partial charge < -0.3 is 14.3 Å². The van der Waals surface area contributed by atoms with Crippen LogP contribution in [0.2, 0.25) is 0 Å². The molecule has 0 amide bonds. The van der Waals surface area contributed by atoms with Crippen LogP contribution in [0.1, 0.15) is 27.0 Å². The molecule has 11 heteroatoms. The number of nitrogens with one attached hydrogen (secondary N) is 1. The monoisotopic (exact) mass is 434 g/mol. The summed E-state index contributed by atoms with van der Waals surface area (Å²) in [6.07, 6.45) is -9.91. The Labute approximate surface area is 164 Å². The van der Waals surface area contributed by atoms with Gasteiger partial charge in [0, 0.05) is 0 Å². The summed E-state index contributed by atoms with van der Waals surface area (Å²) in [6, 6.07) is 5.77. The number of halogens is 6. The van der Waals surface area contributed by atoms with Gasteiger partial charge >= 0.3 is 18.3 Å². The van der Waals surface area contributed by atoms with Crippen LogP contribution in [0.4, 0.5) is 26.3 Å². The highest BCUT2D eigenvalue weighted by Gasteiger charge is 2.38. The Morgan fingerprint density at radius 3 is 2.34 bits per heavy atom. The number of ether oxygens (including phenoxy) is 1. The van der Waals surface area contributed by atoms with Gasteiger partial charge in [0.15, 0.2) is 4.77 Å². The summed E-state index contributed by atoms with van der Waals surface area (Å²) in [5.74, 6) is -0.656. The summed E-state index contributed by atoms with van der Waals surface area (Å²) in [7, 11) is 1.17. The van der Waals surface area contributed by atoms with Gasteiger partial charge in [-0.15, -0.1) is 0 Å². The smallest absolute Gasteiger partial charge is 0.416 e. The van der Waals surface area contributed by atoms with Gasteiger partial charge in [-0.05, 0) is 48.1 Å². The topological polar surface area (TPSA) is 47.0 Å². The molecule has 3 rings (SSSR count). The number of fused-ring (bicyclic) bond motifs is 1. The summed E-state index contributed by atoms with van der Waals surface area (Å²) in [4.78, 5) is 14.5. The van der Waals surface area contributed by atoms with Crippen molar-refractivity contribution < 1.29 is 35.9 Å². The molecule has 0 spiro atoms. The Morgan fingerprint density at radius 1 is 1.07 bits per heavy atom. The van der Waals surface area contributed by atoms with Crippen molar-refractivity contribution in [2.45, 2.75) is 18.9 Å². The molecule has 3 aromatic rings. The van der Waals surface area contributed by atoms with Crippen molar-refractivity contribution in [1.29, 1.82) is 0 Å². The second-order valence-corrected chi connectivity index (χ2v) is 6.49. The van der Waals surface area contributed by atoms with Crippen LogP contribution in [-0.2, 0) is 23.6 Å². The molecule has 1 aromatic heterocycles. The van der Waals surface area contributed by atoms with Gasteiger partial charge in [-0.25, -0.2) is 4.79 Å². The van der Waals surface area contributed by atoms with Crippen LogP contribution < -0.4 is 0 Å². The number of methoxy groups -OCH3 is 1. The first-order chi connectivity index (χ1) is 13.4. The van der Waals surface area contributed by atoms with E-state index in [1.807, 2.05) is 0 Å². The van der Waals surface area contributed by atoms with Crippen molar-refractivity contribution >= 4 is 29.2 Å². The fourth-order valence-corrected chi connectivity index (χ4v) is 3.15. The largest absolute Gasteiger partial charge is 0.465 e. The Kier molecular flexibility index (Phi) is 5.20. The molecule has 0 bridgehead atoms. The zero-order chi connectivity index (χ0) is 21.6. The summed E-state index contributed by atoms with van der Waals surface area (Å²) in [5.41, 5.74) is -2.30. The van der Waals surface area contributed by atoms with E-state index >= 15 is 0 Å². The Bertz CT molecular complexity index is 1140. The maximum Gasteiger partial charge on any atom is 0.416 e. The second-order valence-electron chi connectivity index (χ2n) is 6.11. The number of alkyl halides is 6. The Hall–Kier alpha value is -2.82. The highest BCUT2D eigenvalue weighted by molar-refractivity contribution is 7.71. The lowest BCUT2D eigenvalue weighted by Crippen LogP contribution is -2.15. The zero-order valence-electron chi connectivity index (χ0n) is 14.6. The van der Waals surface area contributed by atoms with Gasteiger partial charge in [-0.2, -0.15) is 26.3 Å². The van der Waals surface area contributed by atoms with E-state index in [1.54, 1.807) is 0 Å². The maximum atomic E-state index is 13.4. The van der Waals surface area contributed by atoms with E-state index in [4.69, 9.17) is 12.2 Å². The number of esters is 1. The molecule has 4 nitrogen and oxygen atoms in total. The molecule has 2 aromatic carbocycles. The number of carbonyl (C=O) groups excluding carboxylic acids is 1. The average Bonchev–Trinajstić information content (AvgIpc) is 2.94. The van der Waals surface area contributed by atoms with E-state index in [0.29, 0.717) is 17.1 Å². The molecule has 0 saturated carbocycles. The quantitative estimate of drug-likeness (QED) is 0.333. The van der Waals surface area contributed by atoms with E-state index in [1.165, 1.54) is 29.9 Å². The number of aromatic nitrogens is 2. The summed E-state index contributed by atoms with van der Waals surface area (Å²) >= 11 is 5.14. The van der Waals surface area contributed by atoms with Crippen molar-refractivity contribution in [3.8, 4) is 0 Å². The van der Waals surface area contributed by atoms with Gasteiger partial charge in [0.2, 0.25) is 0 Å². The number of hydrogen-bond donors (Lipinski definition) is 1. The number of aromatic amines is 1. The van der Waals surface area contributed by atoms with Crippen molar-refractivity contribution in [1.82, 2.24) is 9.55 Å². The normalized spacial score (nSPS) is 12.4. The lowest BCUT2D eigenvalue weighted by molar-refractivity contribution is -0.143. The molecule has 0 atom stereocenters. The van der Waals surface area contributed by atoms with Crippen LogP contribution >= 0.6 is 12.2 Å². The molecular formula is C18H12F6N2O2S. The van der Waals surface area contributed by atoms with E-state index < -0.39 is 41.6 Å². The molecule has 0 fully saturated rings. The number of rotatable bonds is 3. The first-order valence-corrected chi connectivity index (χ1v) is 8.41. The SMILES string of the molecule is COC(=O)c1ccc2[nH]c(=S)n(Cc3ccc(C(F)(F)F)cc3C(F)(F)F)c2c1. The molecule has 154 valence electrons. The first-order valence-electron chi connectivity index (χ1n) is 8.00. The van der Waals surface area contributed by atoms with E-state index in [9.17, 15) is 31.1 Å². The maximum absolute atomic E-state index is 13.4. The predicted molar refractivity (Wildman–Crippen MR) is 94.0 cm³/mol. The van der Waals surface area contributed by atoms with Crippen molar-refractivity contribution in [2.24, 2.45) is 0 Å². The van der Waals surface area contributed by atoms with Gasteiger partial charge in [0.25, 0.3) is 0 Å². The third-order valence-electron chi connectivity index (χ3n) is 4.27. The lowest BCUT2D eigenvalue weighted by atomic mass is 10.0. The highest BCUT2D eigenvalue weighted by atomic mass is 32.1.